The molecule has 2 aromatic carbocycles. The Bertz CT molecular complexity index is 1070. The summed E-state index contributed by atoms with van der Waals surface area (Å²) in [6, 6.07) is 6.77. The molecule has 0 bridgehead atoms. The molecule has 1 fully saturated rings. The van der Waals surface area contributed by atoms with E-state index in [0.29, 0.717) is 11.1 Å². The summed E-state index contributed by atoms with van der Waals surface area (Å²) in [6.45, 7) is 5.56. The van der Waals surface area contributed by atoms with E-state index in [1.54, 1.807) is 20.8 Å². The molecule has 0 aliphatic carbocycles. The number of alkyl halides is 6. The van der Waals surface area contributed by atoms with Gasteiger partial charge in [-0.05, 0) is 75.4 Å². The summed E-state index contributed by atoms with van der Waals surface area (Å²) in [5.74, 6) is -1.12. The van der Waals surface area contributed by atoms with Crippen molar-refractivity contribution < 1.29 is 78.4 Å². The average Bonchev–Trinajstić information content (AvgIpc) is 2.83. The molecule has 0 aromatic heterocycles. The largest absolute Gasteiger partial charge is 0.668 e. The van der Waals surface area contributed by atoms with E-state index in [1.165, 1.54) is 18.2 Å². The minimum atomic E-state index is -4.65. The van der Waals surface area contributed by atoms with Crippen LogP contribution < -0.4 is 4.74 Å². The fourth-order valence-electron chi connectivity index (χ4n) is 3.69. The van der Waals surface area contributed by atoms with E-state index in [2.05, 4.69) is 0 Å². The van der Waals surface area contributed by atoms with Gasteiger partial charge in [-0.1, -0.05) is 35.7 Å². The minimum Gasteiger partial charge on any atom is -0.668 e. The third-order valence-corrected chi connectivity index (χ3v) is 6.21. The van der Waals surface area contributed by atoms with Gasteiger partial charge in [0, 0.05) is 57.6 Å². The number of aliphatic hydroxyl groups is 1. The summed E-state index contributed by atoms with van der Waals surface area (Å²) in [6.07, 6.45) is -8.19. The van der Waals surface area contributed by atoms with Gasteiger partial charge in [-0.2, -0.15) is 26.3 Å². The number of hydrogen-bond donors (Lipinski definition) is 1. The van der Waals surface area contributed by atoms with Crippen molar-refractivity contribution in [2.24, 2.45) is 0 Å². The minimum absolute atomic E-state index is 0. The zero-order valence-electron chi connectivity index (χ0n) is 22.5. The number of rotatable bonds is 8. The van der Waals surface area contributed by atoms with Gasteiger partial charge in [-0.15, -0.1) is 0 Å². The molecule has 1 radical (unpaired) electrons. The molecule has 40 heavy (non-hydrogen) atoms. The first-order valence-electron chi connectivity index (χ1n) is 12.3. The Kier molecular flexibility index (Phi) is 14.4. The number of hydrogen-bond acceptors (Lipinski definition) is 4. The Labute approximate surface area is 260 Å². The second-order valence-electron chi connectivity index (χ2n) is 9.66. The molecule has 1 aliphatic rings. The molecule has 0 amide bonds. The molecular weight excluding hydrogens is 641 g/mol. The standard InChI is InChI=1S/C25H27ClF6NO3.C2H6O.Y/c1-22(2)35-14-23(33,15-36-22)10-9-16-5-8-21(19(12-16)25(30,31)32)34-11-3-4-17-6-7-18(13-20(17)26)24(27,28)29;1-2-3;/h5-8,12-13,33H,3-4,9-11,14-15H2,1-2H3;3H,2H2,1H3;/q-1;;. The van der Waals surface area contributed by atoms with Crippen molar-refractivity contribution in [3.63, 3.8) is 0 Å². The second-order valence-corrected chi connectivity index (χ2v) is 10.1. The molecule has 0 unspecified atom stereocenters. The van der Waals surface area contributed by atoms with Crippen LogP contribution in [-0.2, 0) is 67.4 Å². The molecular formula is C27H33ClF6NO4Y-. The van der Waals surface area contributed by atoms with Crippen molar-refractivity contribution in [2.75, 3.05) is 26.4 Å². The van der Waals surface area contributed by atoms with Crippen LogP contribution in [-0.4, -0.2) is 42.9 Å². The van der Waals surface area contributed by atoms with E-state index < -0.39 is 34.8 Å². The average molecular weight is 674 g/mol. The molecule has 1 heterocycles. The third-order valence-electron chi connectivity index (χ3n) is 5.86. The summed E-state index contributed by atoms with van der Waals surface area (Å²) >= 11 is 5.92. The van der Waals surface area contributed by atoms with Crippen molar-refractivity contribution in [3.05, 3.63) is 69.4 Å². The summed E-state index contributed by atoms with van der Waals surface area (Å²) in [5.41, 5.74) is 6.45. The normalized spacial score (nSPS) is 16.4. The smallest absolute Gasteiger partial charge is 0.419 e. The maximum absolute atomic E-state index is 13.7. The molecule has 1 saturated heterocycles. The fourth-order valence-corrected chi connectivity index (χ4v) is 3.96. The van der Waals surface area contributed by atoms with Crippen LogP contribution in [0.1, 0.15) is 55.9 Å². The number of nitrogens with one attached hydrogen (secondary N) is 1. The van der Waals surface area contributed by atoms with Crippen LogP contribution in [0.3, 0.4) is 0 Å². The topological polar surface area (TPSA) is 71.7 Å². The molecule has 2 aromatic rings. The Morgan fingerprint density at radius 2 is 1.57 bits per heavy atom. The van der Waals surface area contributed by atoms with Crippen LogP contribution >= 0.6 is 11.6 Å². The van der Waals surface area contributed by atoms with Crippen molar-refractivity contribution in [1.82, 2.24) is 0 Å². The van der Waals surface area contributed by atoms with Gasteiger partial charge in [0.05, 0.1) is 17.7 Å². The Morgan fingerprint density at radius 1 is 0.975 bits per heavy atom. The van der Waals surface area contributed by atoms with Crippen LogP contribution in [0, 0.1) is 0 Å². The quantitative estimate of drug-likeness (QED) is 0.229. The summed E-state index contributed by atoms with van der Waals surface area (Å²) < 4.78 is 95.7. The van der Waals surface area contributed by atoms with Crippen LogP contribution in [0.4, 0.5) is 26.3 Å². The Balaban J connectivity index is 0.00000191. The van der Waals surface area contributed by atoms with Crippen LogP contribution in [0.15, 0.2) is 36.4 Å². The SMILES string of the molecule is CC1(C)OCC([NH-])(CCc2ccc(OCCCc3ccc(C(F)(F)F)cc3Cl)c(C(F)(F)F)c2)CO1.CCO.[Y]. The Morgan fingerprint density at radius 3 is 2.10 bits per heavy atom. The molecule has 1 aliphatic heterocycles. The van der Waals surface area contributed by atoms with Crippen molar-refractivity contribution in [3.8, 4) is 5.75 Å². The van der Waals surface area contributed by atoms with Crippen LogP contribution in [0.5, 0.6) is 5.75 Å². The number of benzene rings is 2. The predicted molar refractivity (Wildman–Crippen MR) is 136 cm³/mol. The first-order valence-corrected chi connectivity index (χ1v) is 12.7. The van der Waals surface area contributed by atoms with E-state index in [9.17, 15) is 26.3 Å². The van der Waals surface area contributed by atoms with E-state index in [-0.39, 0.29) is 95.6 Å². The van der Waals surface area contributed by atoms with E-state index >= 15 is 0 Å². The van der Waals surface area contributed by atoms with Gasteiger partial charge in [0.1, 0.15) is 5.75 Å². The summed E-state index contributed by atoms with van der Waals surface area (Å²) in [7, 11) is 0. The molecule has 223 valence electrons. The maximum Gasteiger partial charge on any atom is 0.419 e. The van der Waals surface area contributed by atoms with Gasteiger partial charge in [-0.25, -0.2) is 0 Å². The third kappa shape index (κ3) is 11.7. The zero-order valence-corrected chi connectivity index (χ0v) is 26.1. The van der Waals surface area contributed by atoms with E-state index in [1.807, 2.05) is 0 Å². The first-order chi connectivity index (χ1) is 18.0. The fraction of sp³-hybridized carbons (Fsp3) is 0.556. The number of ether oxygens (including phenoxy) is 3. The molecule has 0 saturated carbocycles. The molecule has 0 spiro atoms. The maximum atomic E-state index is 13.7. The van der Waals surface area contributed by atoms with Crippen molar-refractivity contribution in [2.45, 2.75) is 70.1 Å². The summed E-state index contributed by atoms with van der Waals surface area (Å²) in [5, 5.41) is 7.51. The van der Waals surface area contributed by atoms with Gasteiger partial charge in [-0.3, -0.25) is 0 Å². The van der Waals surface area contributed by atoms with E-state index in [0.717, 1.165) is 18.2 Å². The number of aliphatic hydroxyl groups excluding tert-OH is 1. The van der Waals surface area contributed by atoms with E-state index in [4.69, 9.17) is 36.7 Å². The van der Waals surface area contributed by atoms with Gasteiger partial charge in [0.25, 0.3) is 0 Å². The predicted octanol–water partition coefficient (Wildman–Crippen LogP) is 7.89. The molecule has 2 N–H and O–H groups in total. The van der Waals surface area contributed by atoms with Crippen molar-refractivity contribution in [1.29, 1.82) is 0 Å². The van der Waals surface area contributed by atoms with Gasteiger partial charge < -0.3 is 25.1 Å². The van der Waals surface area contributed by atoms with Gasteiger partial charge in [0.15, 0.2) is 5.79 Å². The second kappa shape index (κ2) is 15.5. The van der Waals surface area contributed by atoms with Crippen LogP contribution in [0.25, 0.3) is 5.73 Å². The van der Waals surface area contributed by atoms with Crippen LogP contribution in [0.2, 0.25) is 5.02 Å². The molecule has 5 nitrogen and oxygen atoms in total. The monoisotopic (exact) mass is 673 g/mol. The zero-order chi connectivity index (χ0) is 29.5. The first kappa shape index (κ1) is 37.1. The molecule has 3 rings (SSSR count). The number of halogens is 7. The summed E-state index contributed by atoms with van der Waals surface area (Å²) in [4.78, 5) is 0. The van der Waals surface area contributed by atoms with Gasteiger partial charge >= 0.3 is 12.4 Å². The Hall–Kier alpha value is -0.946. The molecule has 0 atom stereocenters. The van der Waals surface area contributed by atoms with Crippen molar-refractivity contribution >= 4 is 11.6 Å². The number of aryl methyl sites for hydroxylation is 2. The molecule has 13 heteroatoms. The van der Waals surface area contributed by atoms with Gasteiger partial charge in [0.2, 0.25) is 0 Å².